The van der Waals surface area contributed by atoms with E-state index in [0.29, 0.717) is 16.8 Å². The summed E-state index contributed by atoms with van der Waals surface area (Å²) in [6.07, 6.45) is 1.16. The highest BCUT2D eigenvalue weighted by Crippen LogP contribution is 2.26. The van der Waals surface area contributed by atoms with Gasteiger partial charge in [0.2, 0.25) is 0 Å². The molecule has 2 rings (SSSR count). The first-order valence-electron chi connectivity index (χ1n) is 7.04. The monoisotopic (exact) mass is 305 g/mol. The number of hydrogen-bond donors (Lipinski definition) is 1. The van der Waals surface area contributed by atoms with Crippen molar-refractivity contribution >= 4 is 23.1 Å². The van der Waals surface area contributed by atoms with Crippen LogP contribution in [0.15, 0.2) is 24.3 Å². The van der Waals surface area contributed by atoms with Crippen molar-refractivity contribution in [1.82, 2.24) is 9.97 Å². The molecule has 0 amide bonds. The summed E-state index contributed by atoms with van der Waals surface area (Å²) in [6.45, 7) is 7.86. The van der Waals surface area contributed by atoms with E-state index in [1.54, 1.807) is 0 Å². The fraction of sp³-hybridized carbons (Fsp3) is 0.375. The van der Waals surface area contributed by atoms with E-state index in [-0.39, 0.29) is 6.10 Å². The minimum absolute atomic E-state index is 0.192. The average molecular weight is 306 g/mol. The van der Waals surface area contributed by atoms with E-state index in [4.69, 9.17) is 16.3 Å². The van der Waals surface area contributed by atoms with Gasteiger partial charge in [-0.25, -0.2) is 9.97 Å². The minimum Gasteiger partial charge on any atom is -0.491 e. The highest BCUT2D eigenvalue weighted by atomic mass is 35.5. The van der Waals surface area contributed by atoms with Crippen LogP contribution in [-0.2, 0) is 0 Å². The molecule has 0 aliphatic heterocycles. The molecule has 0 aliphatic rings. The quantitative estimate of drug-likeness (QED) is 0.816. The Labute approximate surface area is 130 Å². The molecule has 0 saturated heterocycles. The van der Waals surface area contributed by atoms with Gasteiger partial charge in [-0.15, -0.1) is 0 Å². The number of rotatable bonds is 5. The van der Waals surface area contributed by atoms with Crippen LogP contribution >= 0.6 is 11.6 Å². The molecule has 1 unspecified atom stereocenters. The highest BCUT2D eigenvalue weighted by Gasteiger charge is 2.08. The van der Waals surface area contributed by atoms with E-state index in [1.165, 1.54) is 0 Å². The maximum absolute atomic E-state index is 6.09. The summed E-state index contributed by atoms with van der Waals surface area (Å²) in [5, 5.41) is 3.74. The molecule has 1 heterocycles. The van der Waals surface area contributed by atoms with E-state index >= 15 is 0 Å². The number of anilines is 2. The second-order valence-electron chi connectivity index (χ2n) is 5.02. The molecule has 112 valence electrons. The normalized spacial score (nSPS) is 12.0. The van der Waals surface area contributed by atoms with Crippen molar-refractivity contribution in [3.05, 3.63) is 40.8 Å². The third-order valence-corrected chi connectivity index (χ3v) is 3.58. The van der Waals surface area contributed by atoms with Crippen LogP contribution in [0, 0.1) is 13.8 Å². The van der Waals surface area contributed by atoms with Gasteiger partial charge >= 0.3 is 0 Å². The van der Waals surface area contributed by atoms with Gasteiger partial charge < -0.3 is 10.1 Å². The zero-order valence-electron chi connectivity index (χ0n) is 12.8. The summed E-state index contributed by atoms with van der Waals surface area (Å²) in [4.78, 5) is 8.52. The second kappa shape index (κ2) is 6.76. The lowest BCUT2D eigenvalue weighted by atomic mass is 10.2. The molecule has 0 aliphatic carbocycles. The summed E-state index contributed by atoms with van der Waals surface area (Å²) in [5.41, 5.74) is 1.74. The Balaban J connectivity index is 2.22. The molecule has 1 aromatic heterocycles. The number of ether oxygens (including phenoxy) is 1. The maximum Gasteiger partial charge on any atom is 0.138 e. The van der Waals surface area contributed by atoms with Crippen LogP contribution < -0.4 is 10.1 Å². The van der Waals surface area contributed by atoms with Crippen molar-refractivity contribution in [3.63, 3.8) is 0 Å². The summed E-state index contributed by atoms with van der Waals surface area (Å²) in [7, 11) is 0. The average Bonchev–Trinajstić information content (AvgIpc) is 2.44. The lowest BCUT2D eigenvalue weighted by molar-refractivity contribution is 0.217. The number of benzene rings is 1. The zero-order chi connectivity index (χ0) is 15.4. The van der Waals surface area contributed by atoms with Gasteiger partial charge in [0.25, 0.3) is 0 Å². The van der Waals surface area contributed by atoms with Gasteiger partial charge in [-0.1, -0.05) is 24.6 Å². The van der Waals surface area contributed by atoms with Gasteiger partial charge in [0, 0.05) is 17.3 Å². The molecule has 4 nitrogen and oxygen atoms in total. The summed E-state index contributed by atoms with van der Waals surface area (Å²) in [6, 6.07) is 7.82. The van der Waals surface area contributed by atoms with Gasteiger partial charge in [0.05, 0.1) is 6.10 Å². The smallest absolute Gasteiger partial charge is 0.138 e. The van der Waals surface area contributed by atoms with Crippen LogP contribution in [0.5, 0.6) is 5.75 Å². The van der Waals surface area contributed by atoms with Gasteiger partial charge in [0.15, 0.2) is 0 Å². The van der Waals surface area contributed by atoms with Crippen molar-refractivity contribution in [2.24, 2.45) is 0 Å². The van der Waals surface area contributed by atoms with Crippen LogP contribution in [0.1, 0.15) is 31.7 Å². The van der Waals surface area contributed by atoms with Crippen LogP contribution in [0.3, 0.4) is 0 Å². The Kier molecular flexibility index (Phi) is 5.02. The predicted molar refractivity (Wildman–Crippen MR) is 86.6 cm³/mol. The molecule has 1 aromatic carbocycles. The SMILES string of the molecule is CCC(C)Oc1cccc(Nc2nc(C)nc(Cl)c2C)c1. The van der Waals surface area contributed by atoms with Crippen LogP contribution in [0.2, 0.25) is 5.15 Å². The fourth-order valence-corrected chi connectivity index (χ4v) is 2.03. The lowest BCUT2D eigenvalue weighted by Gasteiger charge is -2.14. The molecule has 0 radical (unpaired) electrons. The first-order valence-corrected chi connectivity index (χ1v) is 7.42. The molecule has 0 fully saturated rings. The zero-order valence-corrected chi connectivity index (χ0v) is 13.5. The molecule has 1 N–H and O–H groups in total. The third-order valence-electron chi connectivity index (χ3n) is 3.21. The number of hydrogen-bond acceptors (Lipinski definition) is 4. The highest BCUT2D eigenvalue weighted by molar-refractivity contribution is 6.30. The topological polar surface area (TPSA) is 47.0 Å². The molecular weight excluding hydrogens is 286 g/mol. The molecule has 5 heteroatoms. The molecule has 0 bridgehead atoms. The van der Waals surface area contributed by atoms with Crippen molar-refractivity contribution in [1.29, 1.82) is 0 Å². The van der Waals surface area contributed by atoms with Crippen molar-refractivity contribution in [2.45, 2.75) is 40.2 Å². The number of nitrogens with one attached hydrogen (secondary N) is 1. The fourth-order valence-electron chi connectivity index (χ4n) is 1.82. The van der Waals surface area contributed by atoms with Crippen LogP contribution in [-0.4, -0.2) is 16.1 Å². The van der Waals surface area contributed by atoms with E-state index in [0.717, 1.165) is 23.4 Å². The molecule has 21 heavy (non-hydrogen) atoms. The molecular formula is C16H20ClN3O. The van der Waals surface area contributed by atoms with Gasteiger partial charge in [-0.2, -0.15) is 0 Å². The molecule has 0 spiro atoms. The summed E-state index contributed by atoms with van der Waals surface area (Å²) < 4.78 is 5.82. The van der Waals surface area contributed by atoms with Gasteiger partial charge in [0.1, 0.15) is 22.5 Å². The van der Waals surface area contributed by atoms with E-state index < -0.39 is 0 Å². The van der Waals surface area contributed by atoms with Crippen molar-refractivity contribution < 1.29 is 4.74 Å². The van der Waals surface area contributed by atoms with E-state index in [1.807, 2.05) is 38.1 Å². The largest absolute Gasteiger partial charge is 0.491 e. The summed E-state index contributed by atoms with van der Waals surface area (Å²) >= 11 is 6.09. The molecule has 2 aromatic rings. The van der Waals surface area contributed by atoms with E-state index in [9.17, 15) is 0 Å². The Morgan fingerprint density at radius 1 is 1.29 bits per heavy atom. The standard InChI is InChI=1S/C16H20ClN3O/c1-5-10(2)21-14-8-6-7-13(9-14)20-16-11(3)15(17)18-12(4)19-16/h6-10H,5H2,1-4H3,(H,18,19,20). The van der Waals surface area contributed by atoms with Gasteiger partial charge in [-0.05, 0) is 39.3 Å². The third kappa shape index (κ3) is 4.08. The Bertz CT molecular complexity index is 631. The van der Waals surface area contributed by atoms with Gasteiger partial charge in [-0.3, -0.25) is 0 Å². The van der Waals surface area contributed by atoms with E-state index in [2.05, 4.69) is 29.1 Å². The predicted octanol–water partition coefficient (Wildman–Crippen LogP) is 4.67. The van der Waals surface area contributed by atoms with Crippen LogP contribution in [0.4, 0.5) is 11.5 Å². The number of halogens is 1. The second-order valence-corrected chi connectivity index (χ2v) is 5.38. The van der Waals surface area contributed by atoms with Crippen molar-refractivity contribution in [2.75, 3.05) is 5.32 Å². The lowest BCUT2D eigenvalue weighted by Crippen LogP contribution is -2.09. The Hall–Kier alpha value is -1.81. The van der Waals surface area contributed by atoms with Crippen LogP contribution in [0.25, 0.3) is 0 Å². The Morgan fingerprint density at radius 3 is 2.76 bits per heavy atom. The van der Waals surface area contributed by atoms with Crippen molar-refractivity contribution in [3.8, 4) is 5.75 Å². The summed E-state index contributed by atoms with van der Waals surface area (Å²) in [5.74, 6) is 2.19. The Morgan fingerprint density at radius 2 is 2.05 bits per heavy atom. The number of aryl methyl sites for hydroxylation is 1. The maximum atomic E-state index is 6.09. The molecule has 0 saturated carbocycles. The first-order chi connectivity index (χ1) is 9.99. The number of nitrogens with zero attached hydrogens (tertiary/aromatic N) is 2. The minimum atomic E-state index is 0.192. The molecule has 1 atom stereocenters. The first kappa shape index (κ1) is 15.6. The number of aromatic nitrogens is 2.